The fourth-order valence-electron chi connectivity index (χ4n) is 2.19. The fourth-order valence-corrected chi connectivity index (χ4v) is 3.80. The Labute approximate surface area is 132 Å². The lowest BCUT2D eigenvalue weighted by Gasteiger charge is -2.08. The molecule has 2 nitrogen and oxygen atoms in total. The molecule has 21 heavy (non-hydrogen) atoms. The van der Waals surface area contributed by atoms with Gasteiger partial charge in [-0.1, -0.05) is 18.2 Å². The van der Waals surface area contributed by atoms with E-state index in [4.69, 9.17) is 0 Å². The molecule has 104 valence electrons. The Kier molecular flexibility index (Phi) is 4.05. The van der Waals surface area contributed by atoms with Gasteiger partial charge in [-0.15, -0.1) is 22.7 Å². The number of thiophene rings is 2. The van der Waals surface area contributed by atoms with E-state index < -0.39 is 0 Å². The molecule has 2 heterocycles. The van der Waals surface area contributed by atoms with E-state index in [1.165, 1.54) is 15.3 Å². The lowest BCUT2D eigenvalue weighted by atomic mass is 10.1. The molecule has 0 radical (unpaired) electrons. The summed E-state index contributed by atoms with van der Waals surface area (Å²) in [6.07, 6.45) is 0. The Hall–Kier alpha value is -2.09. The first-order valence-electron chi connectivity index (χ1n) is 6.63. The fraction of sp³-hybridized carbons (Fsp3) is 0.118. The van der Waals surface area contributed by atoms with Crippen molar-refractivity contribution in [3.05, 3.63) is 63.2 Å². The van der Waals surface area contributed by atoms with Crippen LogP contribution >= 0.6 is 22.7 Å². The zero-order valence-electron chi connectivity index (χ0n) is 11.6. The summed E-state index contributed by atoms with van der Waals surface area (Å²) >= 11 is 3.50. The highest BCUT2D eigenvalue weighted by Crippen LogP contribution is 2.29. The third-order valence-electron chi connectivity index (χ3n) is 3.30. The Morgan fingerprint density at radius 1 is 1.19 bits per heavy atom. The van der Waals surface area contributed by atoms with Crippen LogP contribution in [-0.2, 0) is 6.54 Å². The molecule has 0 aliphatic rings. The lowest BCUT2D eigenvalue weighted by Crippen LogP contribution is -2.00. The number of anilines is 1. The molecule has 2 aromatic heterocycles. The molecular formula is C17H14N2S2. The van der Waals surface area contributed by atoms with Crippen LogP contribution in [0, 0.1) is 18.3 Å². The van der Waals surface area contributed by atoms with E-state index in [2.05, 4.69) is 40.3 Å². The maximum atomic E-state index is 9.24. The molecule has 0 atom stereocenters. The molecule has 3 aromatic rings. The smallest absolute Gasteiger partial charge is 0.102 e. The maximum absolute atomic E-state index is 9.24. The van der Waals surface area contributed by atoms with Crippen LogP contribution in [0.4, 0.5) is 5.69 Å². The zero-order valence-corrected chi connectivity index (χ0v) is 13.2. The van der Waals surface area contributed by atoms with Gasteiger partial charge in [-0.05, 0) is 41.4 Å². The first-order valence-corrected chi connectivity index (χ1v) is 8.39. The zero-order chi connectivity index (χ0) is 14.7. The highest BCUT2D eigenvalue weighted by molar-refractivity contribution is 7.14. The van der Waals surface area contributed by atoms with Crippen molar-refractivity contribution < 1.29 is 0 Å². The van der Waals surface area contributed by atoms with Crippen molar-refractivity contribution >= 4 is 28.4 Å². The van der Waals surface area contributed by atoms with Crippen molar-refractivity contribution in [1.29, 1.82) is 5.26 Å². The lowest BCUT2D eigenvalue weighted by molar-refractivity contribution is 1.18. The summed E-state index contributed by atoms with van der Waals surface area (Å²) in [7, 11) is 0. The van der Waals surface area contributed by atoms with Crippen molar-refractivity contribution in [3.63, 3.8) is 0 Å². The predicted molar refractivity (Wildman–Crippen MR) is 90.9 cm³/mol. The summed E-state index contributed by atoms with van der Waals surface area (Å²) in [4.78, 5) is 2.56. The second-order valence-corrected chi connectivity index (χ2v) is 6.69. The minimum atomic E-state index is 0.729. The Morgan fingerprint density at radius 2 is 2.10 bits per heavy atom. The number of hydrogen-bond acceptors (Lipinski definition) is 4. The average molecular weight is 310 g/mol. The van der Waals surface area contributed by atoms with Crippen molar-refractivity contribution in [2.24, 2.45) is 0 Å². The average Bonchev–Trinajstić information content (AvgIpc) is 3.16. The van der Waals surface area contributed by atoms with Gasteiger partial charge in [-0.3, -0.25) is 0 Å². The highest BCUT2D eigenvalue weighted by atomic mass is 32.1. The van der Waals surface area contributed by atoms with Crippen LogP contribution in [0.1, 0.15) is 16.0 Å². The molecule has 3 rings (SSSR count). The van der Waals surface area contributed by atoms with Crippen LogP contribution in [-0.4, -0.2) is 0 Å². The van der Waals surface area contributed by atoms with Gasteiger partial charge in [0.2, 0.25) is 0 Å². The van der Waals surface area contributed by atoms with Crippen molar-refractivity contribution in [1.82, 2.24) is 0 Å². The Balaban J connectivity index is 1.74. The van der Waals surface area contributed by atoms with Gasteiger partial charge in [0.25, 0.3) is 0 Å². The van der Waals surface area contributed by atoms with E-state index >= 15 is 0 Å². The number of nitriles is 1. The minimum Gasteiger partial charge on any atom is -0.379 e. The summed E-state index contributed by atoms with van der Waals surface area (Å²) in [5, 5.41) is 16.9. The molecule has 0 spiro atoms. The van der Waals surface area contributed by atoms with Crippen LogP contribution in [0.2, 0.25) is 0 Å². The quantitative estimate of drug-likeness (QED) is 0.712. The maximum Gasteiger partial charge on any atom is 0.102 e. The Bertz CT molecular complexity index is 779. The van der Waals surface area contributed by atoms with Gasteiger partial charge in [0.15, 0.2) is 0 Å². The standard InChI is InChI=1S/C17H14N2S2/c1-12-4-2-5-16(15(12)9-18)19-10-14-8-13(11-21-14)17-6-3-7-20-17/h2-8,11,19H,10H2,1H3. The predicted octanol–water partition coefficient (Wildman–Crippen LogP) is 5.27. The number of benzene rings is 1. The summed E-state index contributed by atoms with van der Waals surface area (Å²) in [6.45, 7) is 2.71. The molecule has 0 saturated heterocycles. The summed E-state index contributed by atoms with van der Waals surface area (Å²) in [5.74, 6) is 0. The molecule has 0 unspecified atom stereocenters. The van der Waals surface area contributed by atoms with Crippen LogP contribution < -0.4 is 5.32 Å². The first kappa shape index (κ1) is 13.9. The molecule has 1 N–H and O–H groups in total. The summed E-state index contributed by atoms with van der Waals surface area (Å²) < 4.78 is 0. The molecule has 0 aliphatic heterocycles. The van der Waals surface area contributed by atoms with E-state index in [1.54, 1.807) is 22.7 Å². The molecule has 0 amide bonds. The number of hydrogen-bond donors (Lipinski definition) is 1. The first-order chi connectivity index (χ1) is 10.3. The van der Waals surface area contributed by atoms with Crippen LogP contribution in [0.25, 0.3) is 10.4 Å². The number of nitrogens with zero attached hydrogens (tertiary/aromatic N) is 1. The van der Waals surface area contributed by atoms with Crippen LogP contribution in [0.5, 0.6) is 0 Å². The Morgan fingerprint density at radius 3 is 2.86 bits per heavy atom. The number of aryl methyl sites for hydroxylation is 1. The van der Waals surface area contributed by atoms with Crippen LogP contribution in [0.3, 0.4) is 0 Å². The second-order valence-electron chi connectivity index (χ2n) is 4.74. The highest BCUT2D eigenvalue weighted by Gasteiger charge is 2.06. The monoisotopic (exact) mass is 310 g/mol. The van der Waals surface area contributed by atoms with Gasteiger partial charge >= 0.3 is 0 Å². The van der Waals surface area contributed by atoms with Gasteiger partial charge in [0.05, 0.1) is 11.3 Å². The SMILES string of the molecule is Cc1cccc(NCc2cc(-c3cccs3)cs2)c1C#N. The van der Waals surface area contributed by atoms with E-state index in [1.807, 2.05) is 25.1 Å². The van der Waals surface area contributed by atoms with Crippen LogP contribution in [0.15, 0.2) is 47.2 Å². The van der Waals surface area contributed by atoms with Gasteiger partial charge in [0, 0.05) is 21.9 Å². The molecule has 4 heteroatoms. The molecule has 0 aliphatic carbocycles. The minimum absolute atomic E-state index is 0.729. The van der Waals surface area contributed by atoms with Crippen molar-refractivity contribution in [2.45, 2.75) is 13.5 Å². The molecule has 0 bridgehead atoms. The summed E-state index contributed by atoms with van der Waals surface area (Å²) in [5.41, 5.74) is 3.92. The number of rotatable bonds is 4. The third kappa shape index (κ3) is 2.99. The normalized spacial score (nSPS) is 10.3. The van der Waals surface area contributed by atoms with Crippen molar-refractivity contribution in [3.8, 4) is 16.5 Å². The van der Waals surface area contributed by atoms with Gasteiger partial charge < -0.3 is 5.32 Å². The third-order valence-corrected chi connectivity index (χ3v) is 5.15. The van der Waals surface area contributed by atoms with Gasteiger partial charge in [-0.25, -0.2) is 0 Å². The second kappa shape index (κ2) is 6.13. The topological polar surface area (TPSA) is 35.8 Å². The largest absolute Gasteiger partial charge is 0.379 e. The molecule has 0 fully saturated rings. The summed E-state index contributed by atoms with van der Waals surface area (Å²) in [6, 6.07) is 14.6. The van der Waals surface area contributed by atoms with E-state index in [0.717, 1.165) is 23.4 Å². The van der Waals surface area contributed by atoms with Gasteiger partial charge in [-0.2, -0.15) is 5.26 Å². The molecule has 0 saturated carbocycles. The van der Waals surface area contributed by atoms with Crippen molar-refractivity contribution in [2.75, 3.05) is 5.32 Å². The molecular weight excluding hydrogens is 296 g/mol. The number of nitrogens with one attached hydrogen (secondary N) is 1. The molecule has 1 aromatic carbocycles. The van der Waals surface area contributed by atoms with E-state index in [-0.39, 0.29) is 0 Å². The van der Waals surface area contributed by atoms with E-state index in [0.29, 0.717) is 0 Å². The van der Waals surface area contributed by atoms with Gasteiger partial charge in [0.1, 0.15) is 6.07 Å². The van der Waals surface area contributed by atoms with E-state index in [9.17, 15) is 5.26 Å².